The van der Waals surface area contributed by atoms with Crippen molar-refractivity contribution in [3.63, 3.8) is 0 Å². The van der Waals surface area contributed by atoms with Gasteiger partial charge in [0.05, 0.1) is 22.8 Å². The summed E-state index contributed by atoms with van der Waals surface area (Å²) in [6.07, 6.45) is 5.50. The van der Waals surface area contributed by atoms with Crippen LogP contribution in [0, 0.1) is 5.41 Å². The van der Waals surface area contributed by atoms with E-state index in [9.17, 15) is 0 Å². The maximum atomic E-state index is 6.99. The smallest absolute Gasteiger partial charge is 0.166 e. The van der Waals surface area contributed by atoms with Gasteiger partial charge in [0.2, 0.25) is 0 Å². The van der Waals surface area contributed by atoms with Crippen molar-refractivity contribution in [2.45, 2.75) is 0 Å². The minimum absolute atomic E-state index is 0.276. The summed E-state index contributed by atoms with van der Waals surface area (Å²) in [5.41, 5.74) is 10.2. The molecule has 3 aromatic heterocycles. The number of rotatable bonds is 3. The summed E-state index contributed by atoms with van der Waals surface area (Å²) in [4.78, 5) is 13.0. The van der Waals surface area contributed by atoms with Crippen LogP contribution in [-0.4, -0.2) is 30.5 Å². The predicted molar refractivity (Wildman–Crippen MR) is 89.4 cm³/mol. The Kier molecular flexibility index (Phi) is 3.84. The van der Waals surface area contributed by atoms with E-state index in [1.54, 1.807) is 23.1 Å². The summed E-state index contributed by atoms with van der Waals surface area (Å²) >= 11 is 1.04. The number of nitrogens with two attached hydrogens (primary N) is 1. The third-order valence-corrected chi connectivity index (χ3v) is 3.42. The summed E-state index contributed by atoms with van der Waals surface area (Å²) in [5.74, 6) is 0.490. The quantitative estimate of drug-likeness (QED) is 0.570. The fourth-order valence-electron chi connectivity index (χ4n) is 1.99. The van der Waals surface area contributed by atoms with Gasteiger partial charge >= 0.3 is 0 Å². The Bertz CT molecular complexity index is 869. The van der Waals surface area contributed by atoms with Crippen molar-refractivity contribution in [1.82, 2.24) is 19.7 Å². The van der Waals surface area contributed by atoms with E-state index in [1.165, 1.54) is 0 Å². The second-order valence-electron chi connectivity index (χ2n) is 4.52. The first-order chi connectivity index (χ1) is 10.7. The first-order valence-corrected chi connectivity index (χ1v) is 7.29. The van der Waals surface area contributed by atoms with E-state index in [1.807, 2.05) is 25.4 Å². The van der Waals surface area contributed by atoms with Crippen LogP contribution in [0.2, 0.25) is 0 Å². The molecule has 3 rings (SSSR count). The summed E-state index contributed by atoms with van der Waals surface area (Å²) in [6.45, 7) is 0. The molecule has 0 fully saturated rings. The number of nitrogens with one attached hydrogen (secondary N) is 1. The second-order valence-corrected chi connectivity index (χ2v) is 5.41. The zero-order valence-electron chi connectivity index (χ0n) is 11.8. The van der Waals surface area contributed by atoms with Crippen molar-refractivity contribution in [1.29, 1.82) is 5.41 Å². The summed E-state index contributed by atoms with van der Waals surface area (Å²) in [6, 6.07) is 5.53. The van der Waals surface area contributed by atoms with Gasteiger partial charge in [0.15, 0.2) is 11.0 Å². The van der Waals surface area contributed by atoms with Gasteiger partial charge in [-0.1, -0.05) is 0 Å². The molecule has 0 aliphatic rings. The molecule has 0 radical (unpaired) electrons. The van der Waals surface area contributed by atoms with Gasteiger partial charge in [-0.2, -0.15) is 5.10 Å². The van der Waals surface area contributed by atoms with Gasteiger partial charge in [-0.15, -0.1) is 0 Å². The van der Waals surface area contributed by atoms with Crippen LogP contribution in [0.5, 0.6) is 0 Å². The van der Waals surface area contributed by atoms with E-state index in [0.29, 0.717) is 5.82 Å². The molecule has 0 saturated heterocycles. The molecule has 0 unspecified atom stereocenters. The third-order valence-electron chi connectivity index (χ3n) is 2.97. The molecule has 8 heteroatoms. The van der Waals surface area contributed by atoms with Gasteiger partial charge in [0.25, 0.3) is 0 Å². The van der Waals surface area contributed by atoms with Crippen LogP contribution in [0.4, 0.5) is 5.82 Å². The van der Waals surface area contributed by atoms with Gasteiger partial charge in [-0.05, 0) is 30.0 Å². The molecule has 0 atom stereocenters. The first-order valence-electron chi connectivity index (χ1n) is 6.41. The van der Waals surface area contributed by atoms with Gasteiger partial charge in [0.1, 0.15) is 0 Å². The van der Waals surface area contributed by atoms with E-state index < -0.39 is 0 Å². The summed E-state index contributed by atoms with van der Waals surface area (Å²) in [5, 5.41) is 11.4. The molecule has 0 saturated carbocycles. The number of pyridine rings is 2. The predicted octanol–water partition coefficient (Wildman–Crippen LogP) is 2.32. The highest BCUT2D eigenvalue weighted by molar-refractivity contribution is 8.24. The average Bonchev–Trinajstić information content (AvgIpc) is 2.93. The molecule has 110 valence electrons. The fraction of sp³-hybridized carbons (Fsp3) is 0.0714. The molecule has 3 aromatic rings. The molecule has 22 heavy (non-hydrogen) atoms. The molecule has 0 amide bonds. The zero-order chi connectivity index (χ0) is 15.5. The van der Waals surface area contributed by atoms with Crippen molar-refractivity contribution in [2.24, 2.45) is 17.8 Å². The first kappa shape index (κ1) is 14.2. The van der Waals surface area contributed by atoms with Crippen LogP contribution in [0.1, 0.15) is 0 Å². The maximum absolute atomic E-state index is 6.99. The Hall–Kier alpha value is -2.74. The highest BCUT2D eigenvalue weighted by Gasteiger charge is 2.05. The number of hydrogen-bond donors (Lipinski definition) is 2. The normalized spacial score (nSPS) is 11.8. The molecule has 7 nitrogen and oxygen atoms in total. The average molecular weight is 311 g/mol. The van der Waals surface area contributed by atoms with Crippen molar-refractivity contribution in [3.8, 4) is 11.1 Å². The molecule has 0 bridgehead atoms. The van der Waals surface area contributed by atoms with Gasteiger partial charge in [-0.3, -0.25) is 9.67 Å². The van der Waals surface area contributed by atoms with E-state index in [-0.39, 0.29) is 5.17 Å². The number of hydrogen-bond acceptors (Lipinski definition) is 6. The Labute approximate surface area is 130 Å². The van der Waals surface area contributed by atoms with Gasteiger partial charge in [0, 0.05) is 30.6 Å². The topological polar surface area (TPSA) is 106 Å². The number of aromatic nitrogens is 4. The second kappa shape index (κ2) is 5.94. The Balaban J connectivity index is 2.03. The molecule has 3 N–H and O–H groups in total. The van der Waals surface area contributed by atoms with Crippen LogP contribution >= 0.6 is 11.8 Å². The monoisotopic (exact) mass is 311 g/mol. The van der Waals surface area contributed by atoms with E-state index in [4.69, 9.17) is 11.1 Å². The van der Waals surface area contributed by atoms with Crippen molar-refractivity contribution in [3.05, 3.63) is 36.8 Å². The molecule has 0 aliphatic carbocycles. The van der Waals surface area contributed by atoms with Gasteiger partial charge < -0.3 is 11.1 Å². The SMILES string of the molecule is Cn1cc(-c2cnc3ccc(N=C(N)SC=N)nc3c2)cn1. The lowest BCUT2D eigenvalue weighted by atomic mass is 10.1. The van der Waals surface area contributed by atoms with E-state index in [0.717, 1.165) is 39.5 Å². The number of nitrogens with zero attached hydrogens (tertiary/aromatic N) is 5. The Morgan fingerprint density at radius 3 is 2.91 bits per heavy atom. The van der Waals surface area contributed by atoms with Crippen molar-refractivity contribution < 1.29 is 0 Å². The van der Waals surface area contributed by atoms with Crippen LogP contribution in [0.25, 0.3) is 22.2 Å². The van der Waals surface area contributed by atoms with Crippen molar-refractivity contribution in [2.75, 3.05) is 0 Å². The van der Waals surface area contributed by atoms with Crippen LogP contribution in [0.3, 0.4) is 0 Å². The molecular formula is C14H13N7S. The van der Waals surface area contributed by atoms with Crippen LogP contribution < -0.4 is 5.73 Å². The van der Waals surface area contributed by atoms with Crippen LogP contribution in [-0.2, 0) is 7.05 Å². The van der Waals surface area contributed by atoms with Crippen LogP contribution in [0.15, 0.2) is 41.8 Å². The molecule has 0 aliphatic heterocycles. The molecule has 0 spiro atoms. The summed E-state index contributed by atoms with van der Waals surface area (Å²) < 4.78 is 1.74. The largest absolute Gasteiger partial charge is 0.378 e. The third kappa shape index (κ3) is 2.96. The van der Waals surface area contributed by atoms with E-state index >= 15 is 0 Å². The lowest BCUT2D eigenvalue weighted by molar-refractivity contribution is 0.768. The fourth-order valence-corrected chi connectivity index (χ4v) is 2.25. The number of aliphatic imine (C=N–C) groups is 1. The Morgan fingerprint density at radius 2 is 2.18 bits per heavy atom. The number of amidine groups is 1. The molecule has 0 aromatic carbocycles. The lowest BCUT2D eigenvalue weighted by Gasteiger charge is -2.02. The maximum Gasteiger partial charge on any atom is 0.166 e. The number of fused-ring (bicyclic) bond motifs is 1. The summed E-state index contributed by atoms with van der Waals surface area (Å²) in [7, 11) is 1.87. The van der Waals surface area contributed by atoms with E-state index in [2.05, 4.69) is 20.1 Å². The highest BCUT2D eigenvalue weighted by atomic mass is 32.2. The van der Waals surface area contributed by atoms with Crippen molar-refractivity contribution >= 4 is 39.3 Å². The number of aryl methyl sites for hydroxylation is 1. The molecule has 3 heterocycles. The van der Waals surface area contributed by atoms with Gasteiger partial charge in [-0.25, -0.2) is 9.98 Å². The highest BCUT2D eigenvalue weighted by Crippen LogP contribution is 2.23. The standard InChI is InChI=1S/C14H13N7S/c1-21-7-10(6-18-21)9-4-12-11(17-5-9)2-3-13(19-12)20-14(16)22-8-15/h2-8,15H,1H3,(H2,16,19,20). The Morgan fingerprint density at radius 1 is 1.32 bits per heavy atom. The minimum atomic E-state index is 0.276. The molecular weight excluding hydrogens is 298 g/mol. The zero-order valence-corrected chi connectivity index (χ0v) is 12.6. The minimum Gasteiger partial charge on any atom is -0.378 e. The lowest BCUT2D eigenvalue weighted by Crippen LogP contribution is -2.05. The number of thioether (sulfide) groups is 1.